The van der Waals surface area contributed by atoms with Gasteiger partial charge >= 0.3 is 0 Å². The van der Waals surface area contributed by atoms with Crippen LogP contribution in [-0.4, -0.2) is 18.3 Å². The fraction of sp³-hybridized carbons (Fsp3) is 0. The first-order valence-electron chi connectivity index (χ1n) is 28.3. The average Bonchev–Trinajstić information content (AvgIpc) is 3.48. The number of aromatic nitrogens is 4. The molecule has 4 aromatic heterocycles. The minimum Gasteiger partial charge on any atom is -0.307 e. The van der Waals surface area contributed by atoms with Crippen LogP contribution in [0.3, 0.4) is 0 Å². The number of hydrogen-bond acceptors (Lipinski definition) is 0. The third-order valence-electron chi connectivity index (χ3n) is 17.7. The molecule has 4 nitrogen and oxygen atoms in total. The Morgan fingerprint density at radius 1 is 0.146 bits per heavy atom. The molecule has 0 spiro atoms. The zero-order valence-corrected chi connectivity index (χ0v) is 44.5. The van der Waals surface area contributed by atoms with Gasteiger partial charge < -0.3 is 18.3 Å². The van der Waals surface area contributed by atoms with Crippen molar-refractivity contribution in [3.63, 3.8) is 0 Å². The summed E-state index contributed by atoms with van der Waals surface area (Å²) in [5, 5.41) is 17.4. The molecule has 0 amide bonds. The maximum absolute atomic E-state index is 2.54. The van der Waals surface area contributed by atoms with Crippen LogP contribution < -0.4 is 0 Å². The summed E-state index contributed by atoms with van der Waals surface area (Å²) in [6, 6.07) is 108. The van der Waals surface area contributed by atoms with E-state index in [1.807, 2.05) is 0 Å². The number of rotatable bonds is 6. The van der Waals surface area contributed by atoms with Crippen molar-refractivity contribution in [3.8, 4) is 45.0 Å². The Hall–Kier alpha value is -10.9. The van der Waals surface area contributed by atoms with Gasteiger partial charge in [-0.3, -0.25) is 0 Å². The van der Waals surface area contributed by atoms with Gasteiger partial charge in [-0.05, 0) is 146 Å². The van der Waals surface area contributed by atoms with E-state index in [1.165, 1.54) is 136 Å². The van der Waals surface area contributed by atoms with Crippen LogP contribution in [0.4, 0.5) is 0 Å². The van der Waals surface area contributed by atoms with Gasteiger partial charge in [0.05, 0.1) is 44.1 Å². The highest BCUT2D eigenvalue weighted by molar-refractivity contribution is 6.28. The molecule has 0 radical (unpaired) electrons. The topological polar surface area (TPSA) is 19.7 Å². The summed E-state index contributed by atoms with van der Waals surface area (Å²) in [6.45, 7) is 0. The van der Waals surface area contributed by atoms with E-state index in [0.29, 0.717) is 0 Å². The highest BCUT2D eigenvalue weighted by Crippen LogP contribution is 2.46. The molecule has 0 aliphatic carbocycles. The van der Waals surface area contributed by atoms with Gasteiger partial charge in [0, 0.05) is 65.8 Å². The van der Waals surface area contributed by atoms with E-state index in [1.54, 1.807) is 0 Å². The molecular formula is C78H48N4. The zero-order chi connectivity index (χ0) is 53.6. The fourth-order valence-corrected chi connectivity index (χ4v) is 14.2. The molecule has 380 valence electrons. The highest BCUT2D eigenvalue weighted by atomic mass is 15.1. The Labute approximate surface area is 471 Å². The van der Waals surface area contributed by atoms with Crippen LogP contribution >= 0.6 is 0 Å². The molecule has 0 bridgehead atoms. The lowest BCUT2D eigenvalue weighted by molar-refractivity contribution is 1.15. The van der Waals surface area contributed by atoms with Crippen LogP contribution in [-0.2, 0) is 0 Å². The number of hydrogen-bond donors (Lipinski definition) is 0. The lowest BCUT2D eigenvalue weighted by atomic mass is 9.92. The minimum absolute atomic E-state index is 1.11. The second kappa shape index (κ2) is 17.3. The van der Waals surface area contributed by atoms with Crippen LogP contribution in [0, 0.1) is 0 Å². The standard InChI is InChI=1S/C78H48N4/c1-4-20-53(21-5-1)79-71-33-16-14-31-62(71)64-39-41-66-69-47-51(36-43-73(69)81(77(66)75(64)79)55-24-8-3-9-25-55)52-37-44-74-70(48-52)67-42-40-65-63-32-15-17-34-72(63)80(54-22-6-2-7-23-54)76(65)78(67)82(74)56-26-18-19-49(45-56)50-35-38-61-59-29-11-10-27-57(59)58-28-12-13-30-60(58)68(61)46-50/h1-48H. The highest BCUT2D eigenvalue weighted by Gasteiger charge is 2.25. The van der Waals surface area contributed by atoms with Gasteiger partial charge in [-0.25, -0.2) is 0 Å². The van der Waals surface area contributed by atoms with E-state index in [-0.39, 0.29) is 0 Å². The molecule has 0 unspecified atom stereocenters. The van der Waals surface area contributed by atoms with Crippen LogP contribution in [0.15, 0.2) is 291 Å². The first kappa shape index (κ1) is 45.0. The largest absolute Gasteiger partial charge is 0.307 e. The van der Waals surface area contributed by atoms with E-state index in [2.05, 4.69) is 309 Å². The van der Waals surface area contributed by atoms with Crippen LogP contribution in [0.5, 0.6) is 0 Å². The summed E-state index contributed by atoms with van der Waals surface area (Å²) in [7, 11) is 0. The number of nitrogens with zero attached hydrogens (tertiary/aromatic N) is 4. The Morgan fingerprint density at radius 2 is 0.427 bits per heavy atom. The molecule has 0 N–H and O–H groups in total. The smallest absolute Gasteiger partial charge is 0.0788 e. The second-order valence-corrected chi connectivity index (χ2v) is 22.0. The SMILES string of the molecule is c1ccc(-n2c3ccccc3c3ccc4c5cc(-c6ccc7c(c6)c6ccc8c9ccccc9n(-c9ccccc9)c8c6n7-c6cccc(-c7ccc8c9ccccc9c9ccccc9c8c7)c6)ccc5n(-c5ccccc5)c4c32)cc1. The van der Waals surface area contributed by atoms with Gasteiger partial charge in [-0.1, -0.05) is 200 Å². The Balaban J connectivity index is 0.888. The lowest BCUT2D eigenvalue weighted by Crippen LogP contribution is -1.99. The normalized spacial score (nSPS) is 12.1. The van der Waals surface area contributed by atoms with Gasteiger partial charge in [0.15, 0.2) is 0 Å². The summed E-state index contributed by atoms with van der Waals surface area (Å²) in [6.07, 6.45) is 0. The molecule has 0 fully saturated rings. The fourth-order valence-electron chi connectivity index (χ4n) is 14.2. The van der Waals surface area contributed by atoms with Crippen LogP contribution in [0.2, 0.25) is 0 Å². The molecule has 0 aliphatic rings. The van der Waals surface area contributed by atoms with Crippen molar-refractivity contribution < 1.29 is 0 Å². The molecule has 0 aliphatic heterocycles. The number of fused-ring (bicyclic) bond motifs is 20. The summed E-state index contributed by atoms with van der Waals surface area (Å²) in [4.78, 5) is 0. The lowest BCUT2D eigenvalue weighted by Gasteiger charge is -2.14. The van der Waals surface area contributed by atoms with Gasteiger partial charge in [-0.15, -0.1) is 0 Å². The van der Waals surface area contributed by atoms with E-state index < -0.39 is 0 Å². The Bertz CT molecular complexity index is 5640. The summed E-state index contributed by atoms with van der Waals surface area (Å²) in [5.74, 6) is 0. The third kappa shape index (κ3) is 6.37. The molecule has 4 heterocycles. The molecule has 18 aromatic rings. The molecule has 4 heteroatoms. The molecule has 0 saturated carbocycles. The molecule has 82 heavy (non-hydrogen) atoms. The molecule has 18 rings (SSSR count). The quantitative estimate of drug-likeness (QED) is 0.148. The van der Waals surface area contributed by atoms with Crippen molar-refractivity contribution in [3.05, 3.63) is 291 Å². The predicted molar refractivity (Wildman–Crippen MR) is 347 cm³/mol. The Morgan fingerprint density at radius 3 is 0.866 bits per heavy atom. The predicted octanol–water partition coefficient (Wildman–Crippen LogP) is 20.9. The molecule has 0 saturated heterocycles. The average molecular weight is 1040 g/mol. The second-order valence-electron chi connectivity index (χ2n) is 22.0. The van der Waals surface area contributed by atoms with Crippen molar-refractivity contribution in [2.45, 2.75) is 0 Å². The van der Waals surface area contributed by atoms with E-state index in [9.17, 15) is 0 Å². The molecule has 0 atom stereocenters. The molecular weight excluding hydrogens is 993 g/mol. The van der Waals surface area contributed by atoms with Gasteiger partial charge in [0.25, 0.3) is 0 Å². The monoisotopic (exact) mass is 1040 g/mol. The van der Waals surface area contributed by atoms with Crippen molar-refractivity contribution in [2.75, 3.05) is 0 Å². The molecule has 14 aromatic carbocycles. The maximum Gasteiger partial charge on any atom is 0.0788 e. The van der Waals surface area contributed by atoms with Crippen molar-refractivity contribution in [1.82, 2.24) is 18.3 Å². The van der Waals surface area contributed by atoms with Gasteiger partial charge in [0.2, 0.25) is 0 Å². The van der Waals surface area contributed by atoms with Gasteiger partial charge in [-0.2, -0.15) is 0 Å². The first-order valence-corrected chi connectivity index (χ1v) is 28.3. The van der Waals surface area contributed by atoms with Gasteiger partial charge in [0.1, 0.15) is 0 Å². The zero-order valence-electron chi connectivity index (χ0n) is 44.5. The maximum atomic E-state index is 2.54. The van der Waals surface area contributed by atoms with E-state index >= 15 is 0 Å². The van der Waals surface area contributed by atoms with E-state index in [0.717, 1.165) is 28.3 Å². The number of para-hydroxylation sites is 5. The minimum atomic E-state index is 1.11. The third-order valence-corrected chi connectivity index (χ3v) is 17.7. The Kier molecular flexibility index (Phi) is 9.48. The van der Waals surface area contributed by atoms with E-state index in [4.69, 9.17) is 0 Å². The first-order chi connectivity index (χ1) is 40.7. The summed E-state index contributed by atoms with van der Waals surface area (Å²) in [5.41, 5.74) is 18.7. The van der Waals surface area contributed by atoms with Crippen LogP contribution in [0.25, 0.3) is 165 Å². The van der Waals surface area contributed by atoms with Crippen molar-refractivity contribution >= 4 is 120 Å². The number of benzene rings is 14. The van der Waals surface area contributed by atoms with Crippen molar-refractivity contribution in [1.29, 1.82) is 0 Å². The van der Waals surface area contributed by atoms with Crippen LogP contribution in [0.1, 0.15) is 0 Å². The van der Waals surface area contributed by atoms with Crippen molar-refractivity contribution in [2.24, 2.45) is 0 Å². The summed E-state index contributed by atoms with van der Waals surface area (Å²) >= 11 is 0. The summed E-state index contributed by atoms with van der Waals surface area (Å²) < 4.78 is 9.97.